The normalized spacial score (nSPS) is 13.2. The molecule has 2 aromatic carbocycles. The van der Waals surface area contributed by atoms with Crippen LogP contribution in [0.5, 0.6) is 17.2 Å². The lowest BCUT2D eigenvalue weighted by Gasteiger charge is -2.29. The number of ether oxygens (including phenoxy) is 3. The van der Waals surface area contributed by atoms with E-state index in [9.17, 15) is 0 Å². The number of hydrogen-bond donors (Lipinski definition) is 1. The molecule has 0 unspecified atom stereocenters. The Morgan fingerprint density at radius 3 is 2.44 bits per heavy atom. The van der Waals surface area contributed by atoms with Crippen molar-refractivity contribution in [3.8, 4) is 22.9 Å². The van der Waals surface area contributed by atoms with Crippen LogP contribution in [0.1, 0.15) is 16.8 Å². The fourth-order valence-electron chi connectivity index (χ4n) is 4.39. The highest BCUT2D eigenvalue weighted by Crippen LogP contribution is 2.39. The van der Waals surface area contributed by atoms with Crippen molar-refractivity contribution in [2.24, 2.45) is 0 Å². The molecule has 0 spiro atoms. The molecule has 0 amide bonds. The Morgan fingerprint density at radius 2 is 1.75 bits per heavy atom. The Kier molecular flexibility index (Phi) is 6.92. The van der Waals surface area contributed by atoms with E-state index in [1.807, 2.05) is 29.0 Å². The molecule has 1 aliphatic rings. The maximum Gasteiger partial charge on any atom is 0.224 e. The summed E-state index contributed by atoms with van der Waals surface area (Å²) in [4.78, 5) is 15.9. The average molecular weight is 507 g/mol. The third-order valence-electron chi connectivity index (χ3n) is 6.14. The second-order valence-electron chi connectivity index (χ2n) is 8.39. The summed E-state index contributed by atoms with van der Waals surface area (Å²) in [6.07, 6.45) is 4.38. The number of rotatable bonds is 8. The van der Waals surface area contributed by atoms with E-state index in [0.29, 0.717) is 28.9 Å². The molecule has 1 aliphatic heterocycles. The SMILES string of the molecule is COc1cc(-n2cnc(Nc3nc(Cl)nc4c3CN(Cc3ccccc3)CC4)c2)cc(OC)c1OC. The summed E-state index contributed by atoms with van der Waals surface area (Å²) in [7, 11) is 4.75. The van der Waals surface area contributed by atoms with Crippen LogP contribution < -0.4 is 19.5 Å². The maximum absolute atomic E-state index is 6.27. The smallest absolute Gasteiger partial charge is 0.224 e. The number of halogens is 1. The van der Waals surface area contributed by atoms with Gasteiger partial charge in [-0.1, -0.05) is 30.3 Å². The van der Waals surface area contributed by atoms with Crippen LogP contribution in [0.15, 0.2) is 55.0 Å². The average Bonchev–Trinajstić information content (AvgIpc) is 3.37. The molecule has 0 fully saturated rings. The minimum Gasteiger partial charge on any atom is -0.493 e. The van der Waals surface area contributed by atoms with Crippen LogP contribution >= 0.6 is 11.6 Å². The quantitative estimate of drug-likeness (QED) is 0.346. The molecule has 0 aliphatic carbocycles. The van der Waals surface area contributed by atoms with Gasteiger partial charge in [-0.25, -0.2) is 15.0 Å². The van der Waals surface area contributed by atoms with Gasteiger partial charge in [-0.15, -0.1) is 0 Å². The minimum absolute atomic E-state index is 0.219. The van der Waals surface area contributed by atoms with Crippen LogP contribution in [0.2, 0.25) is 5.28 Å². The highest BCUT2D eigenvalue weighted by Gasteiger charge is 2.23. The number of methoxy groups -OCH3 is 3. The van der Waals surface area contributed by atoms with Gasteiger partial charge in [0, 0.05) is 43.8 Å². The molecule has 186 valence electrons. The molecule has 0 saturated carbocycles. The highest BCUT2D eigenvalue weighted by molar-refractivity contribution is 6.28. The summed E-state index contributed by atoms with van der Waals surface area (Å²) in [6.45, 7) is 2.49. The summed E-state index contributed by atoms with van der Waals surface area (Å²) in [5.41, 5.74) is 4.08. The van der Waals surface area contributed by atoms with Gasteiger partial charge >= 0.3 is 0 Å². The molecule has 0 saturated heterocycles. The van der Waals surface area contributed by atoms with Gasteiger partial charge in [-0.2, -0.15) is 0 Å². The fraction of sp³-hybridized carbons (Fsp3) is 0.269. The topological polar surface area (TPSA) is 86.6 Å². The Bertz CT molecular complexity index is 1340. The molecule has 3 heterocycles. The van der Waals surface area contributed by atoms with Crippen molar-refractivity contribution >= 4 is 23.2 Å². The van der Waals surface area contributed by atoms with Gasteiger partial charge in [0.1, 0.15) is 18.0 Å². The Labute approximate surface area is 214 Å². The van der Waals surface area contributed by atoms with Crippen molar-refractivity contribution < 1.29 is 14.2 Å². The predicted octanol–water partition coefficient (Wildman–Crippen LogP) is 4.64. The number of hydrogen-bond acceptors (Lipinski definition) is 8. The zero-order valence-corrected chi connectivity index (χ0v) is 21.1. The second-order valence-corrected chi connectivity index (χ2v) is 8.73. The van der Waals surface area contributed by atoms with E-state index < -0.39 is 0 Å². The zero-order valence-electron chi connectivity index (χ0n) is 20.4. The Hall–Kier alpha value is -3.82. The van der Waals surface area contributed by atoms with Gasteiger partial charge < -0.3 is 24.1 Å². The van der Waals surface area contributed by atoms with Gasteiger partial charge in [0.25, 0.3) is 0 Å². The van der Waals surface area contributed by atoms with E-state index in [0.717, 1.165) is 43.0 Å². The first kappa shape index (κ1) is 23.9. The zero-order chi connectivity index (χ0) is 25.1. The van der Waals surface area contributed by atoms with E-state index in [-0.39, 0.29) is 5.28 Å². The van der Waals surface area contributed by atoms with Crippen LogP contribution in [0.25, 0.3) is 5.69 Å². The molecular formula is C26H27ClN6O3. The van der Waals surface area contributed by atoms with Crippen molar-refractivity contribution in [2.45, 2.75) is 19.5 Å². The third-order valence-corrected chi connectivity index (χ3v) is 6.31. The van der Waals surface area contributed by atoms with Crippen molar-refractivity contribution in [1.29, 1.82) is 0 Å². The van der Waals surface area contributed by atoms with Gasteiger partial charge in [0.2, 0.25) is 11.0 Å². The number of nitrogens with one attached hydrogen (secondary N) is 1. The highest BCUT2D eigenvalue weighted by atomic mass is 35.5. The van der Waals surface area contributed by atoms with Crippen molar-refractivity contribution in [1.82, 2.24) is 24.4 Å². The predicted molar refractivity (Wildman–Crippen MR) is 138 cm³/mol. The first-order chi connectivity index (χ1) is 17.6. The van der Waals surface area contributed by atoms with E-state index in [1.54, 1.807) is 27.7 Å². The lowest BCUT2D eigenvalue weighted by atomic mass is 10.1. The molecule has 0 bridgehead atoms. The number of nitrogens with zero attached hydrogens (tertiary/aromatic N) is 5. The van der Waals surface area contributed by atoms with E-state index in [1.165, 1.54) is 5.56 Å². The molecule has 0 radical (unpaired) electrons. The lowest BCUT2D eigenvalue weighted by Crippen LogP contribution is -2.31. The largest absolute Gasteiger partial charge is 0.493 e. The van der Waals surface area contributed by atoms with Gasteiger partial charge in [-0.3, -0.25) is 4.90 Å². The first-order valence-electron chi connectivity index (χ1n) is 11.5. The standard InChI is InChI=1S/C26H27ClN6O3/c1-34-21-11-18(12-22(35-2)24(21)36-3)33-15-23(28-16-33)30-25-19-14-32(13-17-7-5-4-6-8-17)10-9-20(19)29-26(27)31-25/h4-8,11-12,15-16H,9-10,13-14H2,1-3H3,(H,29,30,31). The molecule has 0 atom stereocenters. The summed E-state index contributed by atoms with van der Waals surface area (Å²) >= 11 is 6.27. The molecule has 2 aromatic heterocycles. The number of imidazole rings is 1. The van der Waals surface area contributed by atoms with Crippen LogP contribution in [0.4, 0.5) is 11.6 Å². The molecular weight excluding hydrogens is 480 g/mol. The van der Waals surface area contributed by atoms with Gasteiger partial charge in [-0.05, 0) is 17.2 Å². The fourth-order valence-corrected chi connectivity index (χ4v) is 4.57. The minimum atomic E-state index is 0.219. The van der Waals surface area contributed by atoms with E-state index >= 15 is 0 Å². The van der Waals surface area contributed by atoms with Crippen molar-refractivity contribution in [3.63, 3.8) is 0 Å². The van der Waals surface area contributed by atoms with Gasteiger partial charge in [0.15, 0.2) is 11.5 Å². The molecule has 1 N–H and O–H groups in total. The number of benzene rings is 2. The summed E-state index contributed by atoms with van der Waals surface area (Å²) in [6, 6.07) is 14.2. The monoisotopic (exact) mass is 506 g/mol. The van der Waals surface area contributed by atoms with Crippen LogP contribution in [0.3, 0.4) is 0 Å². The lowest BCUT2D eigenvalue weighted by molar-refractivity contribution is 0.243. The van der Waals surface area contributed by atoms with Crippen LogP contribution in [0, 0.1) is 0 Å². The molecule has 36 heavy (non-hydrogen) atoms. The molecule has 10 heteroatoms. The number of fused-ring (bicyclic) bond motifs is 1. The second kappa shape index (κ2) is 10.4. The number of anilines is 2. The number of aromatic nitrogens is 4. The van der Waals surface area contributed by atoms with Crippen molar-refractivity contribution in [3.05, 3.63) is 77.1 Å². The summed E-state index contributed by atoms with van der Waals surface area (Å²) < 4.78 is 18.3. The van der Waals surface area contributed by atoms with Gasteiger partial charge in [0.05, 0.1) is 38.9 Å². The Morgan fingerprint density at radius 1 is 1.00 bits per heavy atom. The third kappa shape index (κ3) is 4.93. The van der Waals surface area contributed by atoms with E-state index in [2.05, 4.69) is 49.4 Å². The summed E-state index contributed by atoms with van der Waals surface area (Å²) in [5, 5.41) is 3.57. The van der Waals surface area contributed by atoms with Crippen LogP contribution in [-0.4, -0.2) is 52.3 Å². The Balaban J connectivity index is 1.40. The van der Waals surface area contributed by atoms with Crippen LogP contribution in [-0.2, 0) is 19.5 Å². The molecule has 9 nitrogen and oxygen atoms in total. The maximum atomic E-state index is 6.27. The van der Waals surface area contributed by atoms with E-state index in [4.69, 9.17) is 25.8 Å². The van der Waals surface area contributed by atoms with Crippen molar-refractivity contribution in [2.75, 3.05) is 33.2 Å². The first-order valence-corrected chi connectivity index (χ1v) is 11.9. The summed E-state index contributed by atoms with van der Waals surface area (Å²) in [5.74, 6) is 2.94. The molecule has 5 rings (SSSR count). The molecule has 4 aromatic rings.